The molecule has 1 amide bonds. The lowest BCUT2D eigenvalue weighted by Gasteiger charge is -2.50. The van der Waals surface area contributed by atoms with Crippen LogP contribution in [0.4, 0.5) is 4.79 Å². The number of hydrogen-bond donors (Lipinski definition) is 0. The molecule has 0 saturated carbocycles. The van der Waals surface area contributed by atoms with Gasteiger partial charge < -0.3 is 9.64 Å². The largest absolute Gasteiger partial charge is 0.444 e. The maximum atomic E-state index is 12.2. The van der Waals surface area contributed by atoms with E-state index >= 15 is 0 Å². The van der Waals surface area contributed by atoms with Crippen LogP contribution in [-0.2, 0) is 11.3 Å². The summed E-state index contributed by atoms with van der Waals surface area (Å²) in [7, 11) is 0. The van der Waals surface area contributed by atoms with Crippen molar-refractivity contribution in [2.24, 2.45) is 0 Å². The highest BCUT2D eigenvalue weighted by Gasteiger charge is 2.50. The highest BCUT2D eigenvalue weighted by molar-refractivity contribution is 5.68. The van der Waals surface area contributed by atoms with Crippen LogP contribution in [0.5, 0.6) is 0 Å². The summed E-state index contributed by atoms with van der Waals surface area (Å²) < 4.78 is 5.51. The van der Waals surface area contributed by atoms with E-state index in [1.54, 1.807) is 0 Å². The monoisotopic (exact) mass is 302 g/mol. The quantitative estimate of drug-likeness (QED) is 0.840. The van der Waals surface area contributed by atoms with Crippen molar-refractivity contribution < 1.29 is 9.53 Å². The maximum Gasteiger partial charge on any atom is 0.410 e. The first kappa shape index (κ1) is 15.3. The first-order valence-corrected chi connectivity index (χ1v) is 8.15. The number of likely N-dealkylation sites (tertiary alicyclic amines) is 2. The molecule has 1 unspecified atom stereocenters. The average Bonchev–Trinajstić information content (AvgIpc) is 2.91. The Balaban J connectivity index is 1.60. The minimum atomic E-state index is -0.420. The fourth-order valence-electron chi connectivity index (χ4n) is 3.44. The smallest absolute Gasteiger partial charge is 0.410 e. The van der Waals surface area contributed by atoms with E-state index in [9.17, 15) is 4.79 Å². The molecular formula is C18H26N2O2. The van der Waals surface area contributed by atoms with Crippen molar-refractivity contribution in [2.75, 3.05) is 19.6 Å². The summed E-state index contributed by atoms with van der Waals surface area (Å²) in [5.41, 5.74) is 1.10. The van der Waals surface area contributed by atoms with Gasteiger partial charge in [0.25, 0.3) is 0 Å². The Kier molecular flexibility index (Phi) is 3.89. The molecule has 2 saturated heterocycles. The lowest BCUT2D eigenvalue weighted by molar-refractivity contribution is -0.0191. The average molecular weight is 302 g/mol. The molecule has 2 fully saturated rings. The van der Waals surface area contributed by atoms with E-state index in [1.807, 2.05) is 25.7 Å². The third kappa shape index (κ3) is 3.12. The number of amides is 1. The molecule has 1 spiro atoms. The number of carbonyl (C=O) groups is 1. The predicted molar refractivity (Wildman–Crippen MR) is 86.6 cm³/mol. The third-order valence-electron chi connectivity index (χ3n) is 4.72. The third-order valence-corrected chi connectivity index (χ3v) is 4.72. The molecule has 2 heterocycles. The first-order valence-electron chi connectivity index (χ1n) is 8.15. The molecule has 0 aliphatic carbocycles. The normalized spacial score (nSPS) is 25.3. The second-order valence-corrected chi connectivity index (χ2v) is 7.53. The number of ether oxygens (including phenoxy) is 1. The number of rotatable bonds is 2. The number of carbonyl (C=O) groups excluding carboxylic acids is 1. The van der Waals surface area contributed by atoms with Gasteiger partial charge in [0.1, 0.15) is 5.60 Å². The zero-order valence-corrected chi connectivity index (χ0v) is 13.8. The number of nitrogens with zero attached hydrogens (tertiary/aromatic N) is 2. The molecule has 0 bridgehead atoms. The zero-order valence-electron chi connectivity index (χ0n) is 13.8. The fourth-order valence-corrected chi connectivity index (χ4v) is 3.44. The molecule has 2 aliphatic heterocycles. The first-order chi connectivity index (χ1) is 10.4. The van der Waals surface area contributed by atoms with Crippen LogP contribution in [0.3, 0.4) is 0 Å². The highest BCUT2D eigenvalue weighted by atomic mass is 16.6. The van der Waals surface area contributed by atoms with Gasteiger partial charge in [0, 0.05) is 31.7 Å². The summed E-state index contributed by atoms with van der Waals surface area (Å²) >= 11 is 0. The van der Waals surface area contributed by atoms with E-state index in [4.69, 9.17) is 4.74 Å². The van der Waals surface area contributed by atoms with Gasteiger partial charge in [-0.1, -0.05) is 30.3 Å². The lowest BCUT2D eigenvalue weighted by atomic mass is 9.83. The predicted octanol–water partition coefficient (Wildman–Crippen LogP) is 3.27. The minimum absolute atomic E-state index is 0.170. The Morgan fingerprint density at radius 3 is 2.45 bits per heavy atom. The summed E-state index contributed by atoms with van der Waals surface area (Å²) in [6.07, 6.45) is 2.06. The highest BCUT2D eigenvalue weighted by Crippen LogP contribution is 2.40. The van der Waals surface area contributed by atoms with Gasteiger partial charge in [0.15, 0.2) is 0 Å². The number of hydrogen-bond acceptors (Lipinski definition) is 3. The molecule has 2 aliphatic rings. The summed E-state index contributed by atoms with van der Waals surface area (Å²) in [6.45, 7) is 9.46. The summed E-state index contributed by atoms with van der Waals surface area (Å²) in [6, 6.07) is 10.6. The molecule has 0 radical (unpaired) electrons. The summed E-state index contributed by atoms with van der Waals surface area (Å²) in [4.78, 5) is 16.6. The number of benzene rings is 1. The minimum Gasteiger partial charge on any atom is -0.444 e. The SMILES string of the molecule is CC(C)(C)OC(=O)N1CCC2(CCN2Cc2ccccc2)C1. The maximum absolute atomic E-state index is 12.2. The molecule has 4 nitrogen and oxygen atoms in total. The fraction of sp³-hybridized carbons (Fsp3) is 0.611. The van der Waals surface area contributed by atoms with Crippen molar-refractivity contribution in [3.63, 3.8) is 0 Å². The van der Waals surface area contributed by atoms with Gasteiger partial charge in [-0.2, -0.15) is 0 Å². The molecular weight excluding hydrogens is 276 g/mol. The Morgan fingerprint density at radius 1 is 1.18 bits per heavy atom. The second kappa shape index (κ2) is 5.58. The van der Waals surface area contributed by atoms with Crippen molar-refractivity contribution in [1.82, 2.24) is 9.80 Å². The van der Waals surface area contributed by atoms with Crippen LogP contribution in [0.2, 0.25) is 0 Å². The van der Waals surface area contributed by atoms with Crippen LogP contribution in [-0.4, -0.2) is 46.7 Å². The Morgan fingerprint density at radius 2 is 1.86 bits per heavy atom. The van der Waals surface area contributed by atoms with Crippen LogP contribution < -0.4 is 0 Å². The topological polar surface area (TPSA) is 32.8 Å². The molecule has 120 valence electrons. The van der Waals surface area contributed by atoms with Crippen LogP contribution in [0.1, 0.15) is 39.2 Å². The summed E-state index contributed by atoms with van der Waals surface area (Å²) in [5, 5.41) is 0. The van der Waals surface area contributed by atoms with Crippen molar-refractivity contribution in [3.8, 4) is 0 Å². The van der Waals surface area contributed by atoms with Crippen molar-refractivity contribution in [3.05, 3.63) is 35.9 Å². The van der Waals surface area contributed by atoms with E-state index in [2.05, 4.69) is 35.2 Å². The van der Waals surface area contributed by atoms with Gasteiger partial charge in [-0.05, 0) is 39.2 Å². The molecule has 1 aromatic carbocycles. The van der Waals surface area contributed by atoms with E-state index in [-0.39, 0.29) is 11.6 Å². The molecule has 1 aromatic rings. The van der Waals surface area contributed by atoms with E-state index in [0.29, 0.717) is 0 Å². The molecule has 0 aromatic heterocycles. The van der Waals surface area contributed by atoms with Crippen molar-refractivity contribution >= 4 is 6.09 Å². The molecule has 0 N–H and O–H groups in total. The molecule has 22 heavy (non-hydrogen) atoms. The van der Waals surface area contributed by atoms with E-state index in [1.165, 1.54) is 12.0 Å². The molecule has 4 heteroatoms. The Bertz CT molecular complexity index is 538. The molecule has 3 rings (SSSR count). The van der Waals surface area contributed by atoms with Gasteiger partial charge in [-0.25, -0.2) is 4.79 Å². The van der Waals surface area contributed by atoms with Crippen molar-refractivity contribution in [1.29, 1.82) is 0 Å². The van der Waals surface area contributed by atoms with Crippen LogP contribution in [0.25, 0.3) is 0 Å². The zero-order chi connectivity index (χ0) is 15.8. The van der Waals surface area contributed by atoms with E-state index < -0.39 is 5.60 Å². The van der Waals surface area contributed by atoms with Gasteiger partial charge in [-0.3, -0.25) is 4.90 Å². The van der Waals surface area contributed by atoms with Crippen LogP contribution in [0.15, 0.2) is 30.3 Å². The van der Waals surface area contributed by atoms with Gasteiger partial charge in [0.05, 0.1) is 0 Å². The van der Waals surface area contributed by atoms with Gasteiger partial charge >= 0.3 is 6.09 Å². The van der Waals surface area contributed by atoms with Crippen LogP contribution in [0, 0.1) is 0 Å². The Hall–Kier alpha value is -1.55. The van der Waals surface area contributed by atoms with E-state index in [0.717, 1.165) is 32.6 Å². The van der Waals surface area contributed by atoms with Crippen molar-refractivity contribution in [2.45, 2.75) is 51.3 Å². The standard InChI is InChI=1S/C18H26N2O2/c1-17(2,3)22-16(21)19-11-9-18(14-19)10-12-20(18)13-15-7-5-4-6-8-15/h4-8H,9-14H2,1-3H3. The Labute approximate surface area is 133 Å². The molecule has 1 atom stereocenters. The van der Waals surface area contributed by atoms with Gasteiger partial charge in [-0.15, -0.1) is 0 Å². The lowest BCUT2D eigenvalue weighted by Crippen LogP contribution is -2.60. The van der Waals surface area contributed by atoms with Crippen LogP contribution >= 0.6 is 0 Å². The second-order valence-electron chi connectivity index (χ2n) is 7.53. The van der Waals surface area contributed by atoms with Gasteiger partial charge in [0.2, 0.25) is 0 Å². The summed E-state index contributed by atoms with van der Waals surface area (Å²) in [5.74, 6) is 0.